The topological polar surface area (TPSA) is 103 Å². The molecule has 1 aliphatic heterocycles. The molecule has 8 nitrogen and oxygen atoms in total. The summed E-state index contributed by atoms with van der Waals surface area (Å²) >= 11 is 0. The standard InChI is InChI=1S/C16H19N2O3.C6H10N3.Y/c1-4-5-6-7-12-10-21-14-9-11(16(19)20-3)8-13(17-2)15(14)18-12;1-3-9-6(7)4-5(2)8-9;/h8-9,12H,4,7,10H2,1-3H3,(H,18,19);4,7H,3H2,1-2H3;/q2*-1;/t12-;;/m0../s1. The third kappa shape index (κ3) is 7.44. The molecular weight excluding hydrogens is 471 g/mol. The second-order valence-electron chi connectivity index (χ2n) is 6.63. The fourth-order valence-electron chi connectivity index (χ4n) is 2.92. The van der Waals surface area contributed by atoms with Crippen LogP contribution in [0.3, 0.4) is 0 Å². The number of aromatic nitrogens is 2. The third-order valence-electron chi connectivity index (χ3n) is 4.38. The smallest absolute Gasteiger partial charge is 0.337 e. The summed E-state index contributed by atoms with van der Waals surface area (Å²) in [6.07, 6.45) is 1.57. The quantitative estimate of drug-likeness (QED) is 0.471. The number of fused-ring (bicyclic) bond motifs is 1. The van der Waals surface area contributed by atoms with Gasteiger partial charge in [0.15, 0.2) is 0 Å². The Hall–Kier alpha value is -2.24. The van der Waals surface area contributed by atoms with E-state index in [2.05, 4.69) is 27.6 Å². The fraction of sp³-hybridized carbons (Fsp3) is 0.455. The molecule has 2 heterocycles. The molecule has 31 heavy (non-hydrogen) atoms. The van der Waals surface area contributed by atoms with Crippen molar-refractivity contribution in [1.29, 1.82) is 0 Å². The number of hydrogen-bond donors (Lipinski definition) is 1. The summed E-state index contributed by atoms with van der Waals surface area (Å²) in [5.74, 6) is 6.88. The number of aryl methyl sites for hydroxylation is 2. The van der Waals surface area contributed by atoms with E-state index in [1.807, 2.05) is 20.8 Å². The number of rotatable bonds is 4. The monoisotopic (exact) mass is 500 g/mol. The van der Waals surface area contributed by atoms with Crippen LogP contribution in [0, 0.1) is 18.8 Å². The molecule has 1 aliphatic rings. The van der Waals surface area contributed by atoms with Gasteiger partial charge in [-0.3, -0.25) is 5.10 Å². The van der Waals surface area contributed by atoms with Crippen molar-refractivity contribution in [2.75, 3.05) is 26.1 Å². The van der Waals surface area contributed by atoms with Crippen molar-refractivity contribution in [3.05, 3.63) is 40.5 Å². The summed E-state index contributed by atoms with van der Waals surface area (Å²) in [5.41, 5.74) is 10.1. The number of anilines is 1. The minimum absolute atomic E-state index is 0. The van der Waals surface area contributed by atoms with Crippen LogP contribution in [-0.4, -0.2) is 42.6 Å². The zero-order chi connectivity index (χ0) is 22.1. The van der Waals surface area contributed by atoms with Crippen molar-refractivity contribution < 1.29 is 47.0 Å². The van der Waals surface area contributed by atoms with Gasteiger partial charge in [-0.05, 0) is 31.4 Å². The van der Waals surface area contributed by atoms with E-state index in [4.69, 9.17) is 15.2 Å². The van der Waals surface area contributed by atoms with Gasteiger partial charge in [-0.15, -0.1) is 24.6 Å². The molecule has 2 aromatic rings. The number of carbonyl (C=O) groups is 1. The Morgan fingerprint density at radius 2 is 2.13 bits per heavy atom. The molecule has 0 unspecified atom stereocenters. The average Bonchev–Trinajstić information content (AvgIpc) is 3.10. The van der Waals surface area contributed by atoms with Crippen molar-refractivity contribution in [1.82, 2.24) is 9.78 Å². The maximum absolute atomic E-state index is 11.6. The first-order chi connectivity index (χ1) is 14.4. The number of hydrogen-bond acceptors (Lipinski definition) is 5. The fourth-order valence-corrected chi connectivity index (χ4v) is 2.92. The molecule has 0 saturated carbocycles. The molecular formula is C22H29N5O3Y-2. The van der Waals surface area contributed by atoms with Crippen LogP contribution in [-0.2, 0) is 44.0 Å². The van der Waals surface area contributed by atoms with Gasteiger partial charge in [0.2, 0.25) is 0 Å². The summed E-state index contributed by atoms with van der Waals surface area (Å²) in [6.45, 7) is 7.19. The van der Waals surface area contributed by atoms with E-state index >= 15 is 0 Å². The Labute approximate surface area is 209 Å². The number of esters is 1. The van der Waals surface area contributed by atoms with Crippen LogP contribution in [0.2, 0.25) is 0 Å². The minimum atomic E-state index is -0.401. The summed E-state index contributed by atoms with van der Waals surface area (Å²) in [6, 6.07) is 5.25. The van der Waals surface area contributed by atoms with Gasteiger partial charge in [0.05, 0.1) is 24.4 Å². The molecule has 0 amide bonds. The molecule has 0 bridgehead atoms. The summed E-state index contributed by atoms with van der Waals surface area (Å²) in [7, 11) is 3.03. The molecule has 0 spiro atoms. The van der Waals surface area contributed by atoms with Gasteiger partial charge in [0.25, 0.3) is 0 Å². The molecule has 165 valence electrons. The molecule has 1 radical (unpaired) electrons. The van der Waals surface area contributed by atoms with Gasteiger partial charge in [-0.1, -0.05) is 19.9 Å². The van der Waals surface area contributed by atoms with E-state index in [0.29, 0.717) is 29.4 Å². The van der Waals surface area contributed by atoms with Crippen LogP contribution >= 0.6 is 0 Å². The van der Waals surface area contributed by atoms with Crippen molar-refractivity contribution in [3.8, 4) is 17.6 Å². The number of ether oxygens (including phenoxy) is 2. The second-order valence-corrected chi connectivity index (χ2v) is 6.63. The van der Waals surface area contributed by atoms with Crippen LogP contribution in [0.5, 0.6) is 5.75 Å². The first-order valence-corrected chi connectivity index (χ1v) is 9.90. The van der Waals surface area contributed by atoms with Crippen LogP contribution in [0.25, 0.3) is 11.1 Å². The van der Waals surface area contributed by atoms with Crippen molar-refractivity contribution in [3.63, 3.8) is 0 Å². The number of carbonyl (C=O) groups excluding carboxylic acids is 1. The zero-order valence-corrected chi connectivity index (χ0v) is 21.6. The molecule has 1 aromatic heterocycles. The van der Waals surface area contributed by atoms with Crippen molar-refractivity contribution in [2.45, 2.75) is 46.2 Å². The zero-order valence-electron chi connectivity index (χ0n) is 18.8. The van der Waals surface area contributed by atoms with Crippen molar-refractivity contribution >= 4 is 23.2 Å². The predicted molar refractivity (Wildman–Crippen MR) is 119 cm³/mol. The van der Waals surface area contributed by atoms with E-state index in [1.165, 1.54) is 7.11 Å². The molecule has 1 aromatic carbocycles. The van der Waals surface area contributed by atoms with E-state index < -0.39 is 5.97 Å². The Bertz CT molecular complexity index is 916. The van der Waals surface area contributed by atoms with Crippen LogP contribution in [0.15, 0.2) is 18.2 Å². The summed E-state index contributed by atoms with van der Waals surface area (Å²) < 4.78 is 12.1. The van der Waals surface area contributed by atoms with Crippen LogP contribution in [0.4, 0.5) is 17.2 Å². The maximum atomic E-state index is 11.6. The Morgan fingerprint density at radius 1 is 1.39 bits per heavy atom. The molecule has 2 N–H and O–H groups in total. The van der Waals surface area contributed by atoms with Gasteiger partial charge >= 0.3 is 5.97 Å². The Kier molecular flexibility index (Phi) is 11.4. The minimum Gasteiger partial charge on any atom is -0.685 e. The van der Waals surface area contributed by atoms with Gasteiger partial charge in [0, 0.05) is 51.2 Å². The van der Waals surface area contributed by atoms with Crippen LogP contribution < -0.4 is 10.1 Å². The molecule has 9 heteroatoms. The SMILES string of the molecule is CCC#CC[C@H]1COc2cc(C(=O)OC)cc([N-]C)c2N1.CCn1nc(C)cc1[NH-].[Y]. The normalized spacial score (nSPS) is 13.5. The Morgan fingerprint density at radius 3 is 2.65 bits per heavy atom. The number of methoxy groups -OCH3 is 1. The predicted octanol–water partition coefficient (Wildman–Crippen LogP) is 4.98. The second kappa shape index (κ2) is 13.2. The first kappa shape index (κ1) is 26.8. The average molecular weight is 500 g/mol. The van der Waals surface area contributed by atoms with E-state index in [9.17, 15) is 4.79 Å². The maximum Gasteiger partial charge on any atom is 0.337 e. The summed E-state index contributed by atoms with van der Waals surface area (Å²) in [5, 5.41) is 11.6. The van der Waals surface area contributed by atoms with Gasteiger partial charge in [0.1, 0.15) is 12.4 Å². The van der Waals surface area contributed by atoms with E-state index in [0.717, 1.165) is 30.8 Å². The van der Waals surface area contributed by atoms with Crippen LogP contribution in [0.1, 0.15) is 42.7 Å². The first-order valence-electron chi connectivity index (χ1n) is 9.90. The molecule has 3 rings (SSSR count). The van der Waals surface area contributed by atoms with Gasteiger partial charge in [-0.2, -0.15) is 0 Å². The van der Waals surface area contributed by atoms with Gasteiger partial charge < -0.3 is 30.5 Å². The molecule has 0 aliphatic carbocycles. The van der Waals surface area contributed by atoms with E-state index in [1.54, 1.807) is 29.9 Å². The molecule has 0 fully saturated rings. The molecule has 0 saturated heterocycles. The number of nitrogens with one attached hydrogen (secondary N) is 2. The summed E-state index contributed by atoms with van der Waals surface area (Å²) in [4.78, 5) is 11.6. The third-order valence-corrected chi connectivity index (χ3v) is 4.38. The Balaban J connectivity index is 0.000000404. The number of benzene rings is 1. The van der Waals surface area contributed by atoms with Gasteiger partial charge in [-0.25, -0.2) is 4.79 Å². The molecule has 1 atom stereocenters. The number of nitrogens with zero attached hydrogens (tertiary/aromatic N) is 3. The van der Waals surface area contributed by atoms with E-state index in [-0.39, 0.29) is 38.8 Å². The largest absolute Gasteiger partial charge is 0.685 e. The van der Waals surface area contributed by atoms with Crippen molar-refractivity contribution in [2.24, 2.45) is 0 Å².